The number of amides is 1. The number of carbonyl (C=O) groups is 2. The molecule has 1 atom stereocenters. The molecule has 1 aromatic rings. The summed E-state index contributed by atoms with van der Waals surface area (Å²) < 4.78 is 0. The SMILES string of the molecule is Cc1cc(C(=O)NC(C)(C(=O)O)C2CC2)nc(Cl)n1. The van der Waals surface area contributed by atoms with E-state index in [-0.39, 0.29) is 16.9 Å². The lowest BCUT2D eigenvalue weighted by molar-refractivity contribution is -0.144. The number of nitrogens with zero attached hydrogens (tertiary/aromatic N) is 2. The van der Waals surface area contributed by atoms with Crippen molar-refractivity contribution in [2.24, 2.45) is 5.92 Å². The Labute approximate surface area is 115 Å². The molecule has 1 fully saturated rings. The Morgan fingerprint density at radius 1 is 1.47 bits per heavy atom. The van der Waals surface area contributed by atoms with Gasteiger partial charge in [0.1, 0.15) is 11.2 Å². The van der Waals surface area contributed by atoms with Crippen LogP contribution in [0.4, 0.5) is 0 Å². The van der Waals surface area contributed by atoms with Gasteiger partial charge in [-0.1, -0.05) is 0 Å². The van der Waals surface area contributed by atoms with Crippen molar-refractivity contribution in [2.45, 2.75) is 32.2 Å². The van der Waals surface area contributed by atoms with Crippen molar-refractivity contribution in [1.29, 1.82) is 0 Å². The van der Waals surface area contributed by atoms with Crippen LogP contribution in [-0.4, -0.2) is 32.5 Å². The molecule has 7 heteroatoms. The summed E-state index contributed by atoms with van der Waals surface area (Å²) >= 11 is 5.68. The first-order chi connectivity index (χ1) is 8.83. The van der Waals surface area contributed by atoms with Crippen LogP contribution in [0.15, 0.2) is 6.07 Å². The Morgan fingerprint density at radius 3 is 2.58 bits per heavy atom. The molecule has 19 heavy (non-hydrogen) atoms. The maximum atomic E-state index is 12.1. The van der Waals surface area contributed by atoms with E-state index in [4.69, 9.17) is 11.6 Å². The van der Waals surface area contributed by atoms with Crippen LogP contribution in [0.1, 0.15) is 35.9 Å². The lowest BCUT2D eigenvalue weighted by atomic mass is 9.96. The summed E-state index contributed by atoms with van der Waals surface area (Å²) in [5.74, 6) is -1.63. The second-order valence-electron chi connectivity index (χ2n) is 4.90. The smallest absolute Gasteiger partial charge is 0.329 e. The first kappa shape index (κ1) is 13.7. The third-order valence-electron chi connectivity index (χ3n) is 3.27. The third kappa shape index (κ3) is 2.84. The second kappa shape index (κ2) is 4.77. The van der Waals surface area contributed by atoms with Crippen LogP contribution in [0, 0.1) is 12.8 Å². The van der Waals surface area contributed by atoms with E-state index in [2.05, 4.69) is 15.3 Å². The van der Waals surface area contributed by atoms with Gasteiger partial charge in [0.15, 0.2) is 0 Å². The summed E-state index contributed by atoms with van der Waals surface area (Å²) in [6.45, 7) is 3.20. The van der Waals surface area contributed by atoms with Crippen molar-refractivity contribution in [3.8, 4) is 0 Å². The van der Waals surface area contributed by atoms with E-state index in [9.17, 15) is 14.7 Å². The molecule has 1 saturated carbocycles. The molecule has 6 nitrogen and oxygen atoms in total. The van der Waals surface area contributed by atoms with E-state index in [1.165, 1.54) is 13.0 Å². The van der Waals surface area contributed by atoms with Gasteiger partial charge in [0.25, 0.3) is 5.91 Å². The van der Waals surface area contributed by atoms with Gasteiger partial charge in [-0.15, -0.1) is 0 Å². The fourth-order valence-corrected chi connectivity index (χ4v) is 2.16. The zero-order valence-corrected chi connectivity index (χ0v) is 11.4. The van der Waals surface area contributed by atoms with Crippen LogP contribution in [0.2, 0.25) is 5.28 Å². The number of aryl methyl sites for hydroxylation is 1. The largest absolute Gasteiger partial charge is 0.480 e. The molecule has 2 rings (SSSR count). The number of carboxylic acids is 1. The summed E-state index contributed by atoms with van der Waals surface area (Å²) in [7, 11) is 0. The van der Waals surface area contributed by atoms with Crippen LogP contribution in [0.25, 0.3) is 0 Å². The van der Waals surface area contributed by atoms with E-state index < -0.39 is 17.4 Å². The fourth-order valence-electron chi connectivity index (χ4n) is 1.94. The van der Waals surface area contributed by atoms with Crippen molar-refractivity contribution >= 4 is 23.5 Å². The van der Waals surface area contributed by atoms with Gasteiger partial charge < -0.3 is 10.4 Å². The Bertz CT molecular complexity index is 525. The highest BCUT2D eigenvalue weighted by Gasteiger charge is 2.48. The number of carboxylic acid groups (broad SMARTS) is 1. The van der Waals surface area contributed by atoms with Crippen molar-refractivity contribution in [3.63, 3.8) is 0 Å². The van der Waals surface area contributed by atoms with Gasteiger partial charge in [0, 0.05) is 5.69 Å². The predicted molar refractivity (Wildman–Crippen MR) is 68.0 cm³/mol. The molecule has 2 N–H and O–H groups in total. The van der Waals surface area contributed by atoms with Crippen LogP contribution < -0.4 is 5.32 Å². The van der Waals surface area contributed by atoms with Crippen LogP contribution >= 0.6 is 11.6 Å². The first-order valence-corrected chi connectivity index (χ1v) is 6.28. The van der Waals surface area contributed by atoms with Gasteiger partial charge in [0.05, 0.1) is 0 Å². The lowest BCUT2D eigenvalue weighted by Gasteiger charge is -2.25. The van der Waals surface area contributed by atoms with Crippen molar-refractivity contribution in [2.75, 3.05) is 0 Å². The molecule has 0 aliphatic heterocycles. The van der Waals surface area contributed by atoms with Gasteiger partial charge in [-0.2, -0.15) is 0 Å². The number of aliphatic carboxylic acids is 1. The van der Waals surface area contributed by atoms with E-state index in [1.807, 2.05) is 0 Å². The lowest BCUT2D eigenvalue weighted by Crippen LogP contribution is -2.54. The minimum absolute atomic E-state index is 0.0337. The van der Waals surface area contributed by atoms with Crippen molar-refractivity contribution in [3.05, 3.63) is 22.7 Å². The summed E-state index contributed by atoms with van der Waals surface area (Å²) in [4.78, 5) is 31.1. The molecule has 1 heterocycles. The van der Waals surface area contributed by atoms with Crippen LogP contribution in [-0.2, 0) is 4.79 Å². The average molecular weight is 284 g/mol. The number of hydrogen-bond donors (Lipinski definition) is 2. The highest BCUT2D eigenvalue weighted by atomic mass is 35.5. The topological polar surface area (TPSA) is 92.2 Å². The Hall–Kier alpha value is -1.69. The molecule has 0 bridgehead atoms. The highest BCUT2D eigenvalue weighted by molar-refractivity contribution is 6.28. The number of halogens is 1. The second-order valence-corrected chi connectivity index (χ2v) is 5.24. The molecule has 0 spiro atoms. The minimum atomic E-state index is -1.26. The zero-order valence-electron chi connectivity index (χ0n) is 10.6. The van der Waals surface area contributed by atoms with Crippen LogP contribution in [0.3, 0.4) is 0 Å². The summed E-state index contributed by atoms with van der Waals surface area (Å²) in [5.41, 5.74) is -0.637. The minimum Gasteiger partial charge on any atom is -0.480 e. The van der Waals surface area contributed by atoms with Crippen LogP contribution in [0.5, 0.6) is 0 Å². The average Bonchev–Trinajstić information content (AvgIpc) is 3.10. The molecule has 1 unspecified atom stereocenters. The van der Waals surface area contributed by atoms with Gasteiger partial charge in [0.2, 0.25) is 5.28 Å². The van der Waals surface area contributed by atoms with E-state index in [0.717, 1.165) is 12.8 Å². The van der Waals surface area contributed by atoms with Crippen molar-refractivity contribution < 1.29 is 14.7 Å². The molecular formula is C12H14ClN3O3. The van der Waals surface area contributed by atoms with Crippen molar-refractivity contribution in [1.82, 2.24) is 15.3 Å². The van der Waals surface area contributed by atoms with Gasteiger partial charge >= 0.3 is 5.97 Å². The summed E-state index contributed by atoms with van der Waals surface area (Å²) in [5, 5.41) is 11.8. The molecule has 0 radical (unpaired) electrons. The molecule has 1 amide bonds. The van der Waals surface area contributed by atoms with Gasteiger partial charge in [-0.3, -0.25) is 4.79 Å². The Balaban J connectivity index is 2.22. The maximum Gasteiger partial charge on any atom is 0.329 e. The molecule has 1 aliphatic carbocycles. The molecule has 1 aromatic heterocycles. The van der Waals surface area contributed by atoms with E-state index in [1.54, 1.807) is 6.92 Å². The highest BCUT2D eigenvalue weighted by Crippen LogP contribution is 2.39. The zero-order chi connectivity index (χ0) is 14.2. The fraction of sp³-hybridized carbons (Fsp3) is 0.500. The number of carbonyl (C=O) groups excluding carboxylic acids is 1. The molecular weight excluding hydrogens is 270 g/mol. The third-order valence-corrected chi connectivity index (χ3v) is 3.44. The summed E-state index contributed by atoms with van der Waals surface area (Å²) in [6.07, 6.45) is 1.60. The number of hydrogen-bond acceptors (Lipinski definition) is 4. The summed E-state index contributed by atoms with van der Waals surface area (Å²) in [6, 6.07) is 1.47. The Morgan fingerprint density at radius 2 is 2.11 bits per heavy atom. The standard InChI is InChI=1S/C12H14ClN3O3/c1-6-5-8(15-11(13)14-6)9(17)16-12(2,10(18)19)7-3-4-7/h5,7H,3-4H2,1-2H3,(H,16,17)(H,18,19). The maximum absolute atomic E-state index is 12.1. The molecule has 1 aliphatic rings. The van der Waals surface area contributed by atoms with Gasteiger partial charge in [-0.05, 0) is 50.3 Å². The van der Waals surface area contributed by atoms with Gasteiger partial charge in [-0.25, -0.2) is 14.8 Å². The number of rotatable bonds is 4. The van der Waals surface area contributed by atoms with E-state index >= 15 is 0 Å². The molecule has 102 valence electrons. The quantitative estimate of drug-likeness (QED) is 0.815. The van der Waals surface area contributed by atoms with E-state index in [0.29, 0.717) is 5.69 Å². The number of aromatic nitrogens is 2. The first-order valence-electron chi connectivity index (χ1n) is 5.90. The Kier molecular flexibility index (Phi) is 3.45. The molecule has 0 saturated heterocycles. The molecule has 0 aromatic carbocycles. The number of nitrogens with one attached hydrogen (secondary N) is 1. The monoisotopic (exact) mass is 283 g/mol. The predicted octanol–water partition coefficient (Wildman–Crippen LogP) is 1.42. The normalized spacial score (nSPS) is 17.6.